The molecule has 2 amide bonds. The van der Waals surface area contributed by atoms with Crippen molar-refractivity contribution in [2.45, 2.75) is 0 Å². The van der Waals surface area contributed by atoms with E-state index in [2.05, 4.69) is 10.6 Å². The fraction of sp³-hybridized carbons (Fsp3) is 0.100. The van der Waals surface area contributed by atoms with E-state index in [1.165, 1.54) is 7.05 Å². The van der Waals surface area contributed by atoms with Crippen molar-refractivity contribution in [2.24, 2.45) is 0 Å². The highest BCUT2D eigenvalue weighted by Crippen LogP contribution is 2.35. The Morgan fingerprint density at radius 2 is 2.13 bits per heavy atom. The van der Waals surface area contributed by atoms with Crippen molar-refractivity contribution in [2.75, 3.05) is 12.4 Å². The van der Waals surface area contributed by atoms with Crippen LogP contribution in [0.3, 0.4) is 0 Å². The topological polar surface area (TPSA) is 74.5 Å². The van der Waals surface area contributed by atoms with Gasteiger partial charge in [0.1, 0.15) is 5.58 Å². The van der Waals surface area contributed by atoms with Gasteiger partial charge in [-0.15, -0.1) is 0 Å². The van der Waals surface area contributed by atoms with Crippen molar-refractivity contribution in [1.29, 1.82) is 0 Å². The summed E-state index contributed by atoms with van der Waals surface area (Å²) in [4.78, 5) is 11.0. The van der Waals surface area contributed by atoms with Gasteiger partial charge in [0.05, 0.1) is 5.39 Å². The minimum Gasteiger partial charge on any atom is -0.503 e. The van der Waals surface area contributed by atoms with Crippen molar-refractivity contribution >= 4 is 22.9 Å². The first-order valence-corrected chi connectivity index (χ1v) is 4.41. The quantitative estimate of drug-likeness (QED) is 0.667. The second-order valence-electron chi connectivity index (χ2n) is 2.98. The number of para-hydroxylation sites is 1. The fourth-order valence-corrected chi connectivity index (χ4v) is 1.28. The van der Waals surface area contributed by atoms with Gasteiger partial charge in [-0.05, 0) is 12.1 Å². The molecule has 0 unspecified atom stereocenters. The summed E-state index contributed by atoms with van der Waals surface area (Å²) >= 11 is 0. The molecule has 15 heavy (non-hydrogen) atoms. The van der Waals surface area contributed by atoms with Gasteiger partial charge in [0, 0.05) is 7.05 Å². The van der Waals surface area contributed by atoms with E-state index in [0.717, 1.165) is 0 Å². The molecule has 0 aliphatic rings. The molecular weight excluding hydrogens is 196 g/mol. The summed E-state index contributed by atoms with van der Waals surface area (Å²) in [5.41, 5.74) is 0.529. The molecular formula is C10H10N2O3. The van der Waals surface area contributed by atoms with Crippen LogP contribution in [0.25, 0.3) is 11.0 Å². The van der Waals surface area contributed by atoms with Gasteiger partial charge in [0.2, 0.25) is 5.88 Å². The van der Waals surface area contributed by atoms with Crippen LogP contribution >= 0.6 is 0 Å². The molecule has 1 aromatic heterocycles. The zero-order valence-corrected chi connectivity index (χ0v) is 8.07. The maximum absolute atomic E-state index is 11.0. The Bertz CT molecular complexity index is 504. The molecule has 1 heterocycles. The van der Waals surface area contributed by atoms with Gasteiger partial charge in [-0.3, -0.25) is 5.32 Å². The normalized spacial score (nSPS) is 10.2. The third kappa shape index (κ3) is 1.59. The van der Waals surface area contributed by atoms with Crippen LogP contribution in [0.15, 0.2) is 28.7 Å². The van der Waals surface area contributed by atoms with E-state index in [9.17, 15) is 9.90 Å². The summed E-state index contributed by atoms with van der Waals surface area (Å²) in [5.74, 6) is -0.00949. The zero-order valence-electron chi connectivity index (χ0n) is 8.07. The highest BCUT2D eigenvalue weighted by Gasteiger charge is 2.13. The first-order chi connectivity index (χ1) is 7.22. The van der Waals surface area contributed by atoms with Gasteiger partial charge < -0.3 is 14.8 Å². The van der Waals surface area contributed by atoms with E-state index in [4.69, 9.17) is 4.42 Å². The Labute approximate surface area is 85.7 Å². The van der Waals surface area contributed by atoms with Crippen LogP contribution in [-0.2, 0) is 0 Å². The van der Waals surface area contributed by atoms with Crippen LogP contribution < -0.4 is 10.6 Å². The number of hydrogen-bond donors (Lipinski definition) is 3. The molecule has 2 rings (SSSR count). The second kappa shape index (κ2) is 3.53. The molecule has 5 nitrogen and oxygen atoms in total. The number of benzene rings is 1. The molecule has 0 aliphatic heterocycles. The number of nitrogens with one attached hydrogen (secondary N) is 2. The van der Waals surface area contributed by atoms with Crippen LogP contribution in [0.4, 0.5) is 10.7 Å². The van der Waals surface area contributed by atoms with Crippen LogP contribution in [0.1, 0.15) is 0 Å². The molecule has 0 bridgehead atoms. The standard InChI is InChI=1S/C10H10N2O3/c1-11-10(14)12-9-8(13)6-4-2-3-5-7(6)15-9/h2-5,13H,1H3,(H2,11,12,14). The average Bonchev–Trinajstić information content (AvgIpc) is 2.57. The summed E-state index contributed by atoms with van der Waals surface area (Å²) in [6, 6.07) is 6.55. The van der Waals surface area contributed by atoms with Gasteiger partial charge in [0.15, 0.2) is 5.75 Å². The third-order valence-corrected chi connectivity index (χ3v) is 2.02. The highest BCUT2D eigenvalue weighted by atomic mass is 16.4. The molecule has 3 N–H and O–H groups in total. The van der Waals surface area contributed by atoms with E-state index >= 15 is 0 Å². The number of fused-ring (bicyclic) bond motifs is 1. The molecule has 0 radical (unpaired) electrons. The number of hydrogen-bond acceptors (Lipinski definition) is 3. The Morgan fingerprint density at radius 1 is 1.40 bits per heavy atom. The lowest BCUT2D eigenvalue weighted by atomic mass is 10.2. The number of urea groups is 1. The molecule has 0 fully saturated rings. The smallest absolute Gasteiger partial charge is 0.321 e. The van der Waals surface area contributed by atoms with Crippen molar-refractivity contribution < 1.29 is 14.3 Å². The maximum Gasteiger partial charge on any atom is 0.321 e. The Balaban J connectivity index is 2.44. The number of carbonyl (C=O) groups is 1. The summed E-state index contributed by atoms with van der Waals surface area (Å²) in [7, 11) is 1.48. The van der Waals surface area contributed by atoms with Crippen molar-refractivity contribution in [3.63, 3.8) is 0 Å². The molecule has 2 aromatic rings. The van der Waals surface area contributed by atoms with Crippen molar-refractivity contribution in [3.05, 3.63) is 24.3 Å². The number of aromatic hydroxyl groups is 1. The van der Waals surface area contributed by atoms with E-state index in [0.29, 0.717) is 11.0 Å². The minimum atomic E-state index is -0.440. The Kier molecular flexibility index (Phi) is 2.21. The summed E-state index contributed by atoms with van der Waals surface area (Å²) in [6.45, 7) is 0. The van der Waals surface area contributed by atoms with E-state index < -0.39 is 6.03 Å². The number of carbonyl (C=O) groups excluding carboxylic acids is 1. The largest absolute Gasteiger partial charge is 0.503 e. The monoisotopic (exact) mass is 206 g/mol. The van der Waals surface area contributed by atoms with Crippen molar-refractivity contribution in [1.82, 2.24) is 5.32 Å². The minimum absolute atomic E-state index is 0.0514. The number of furan rings is 1. The lowest BCUT2D eigenvalue weighted by molar-refractivity contribution is 0.253. The summed E-state index contributed by atoms with van der Waals surface area (Å²) in [5, 5.41) is 15.0. The van der Waals surface area contributed by atoms with Gasteiger partial charge in [0.25, 0.3) is 0 Å². The average molecular weight is 206 g/mol. The zero-order chi connectivity index (χ0) is 10.8. The SMILES string of the molecule is CNC(=O)Nc1oc2ccccc2c1O. The van der Waals surface area contributed by atoms with Gasteiger partial charge in [-0.2, -0.15) is 0 Å². The van der Waals surface area contributed by atoms with Crippen LogP contribution in [0, 0.1) is 0 Å². The van der Waals surface area contributed by atoms with Gasteiger partial charge >= 0.3 is 6.03 Å². The number of anilines is 1. The van der Waals surface area contributed by atoms with Crippen LogP contribution in [0.5, 0.6) is 5.75 Å². The summed E-state index contributed by atoms with van der Waals surface area (Å²) in [6.07, 6.45) is 0. The van der Waals surface area contributed by atoms with Crippen LogP contribution in [0.2, 0.25) is 0 Å². The van der Waals surface area contributed by atoms with Gasteiger partial charge in [-0.1, -0.05) is 12.1 Å². The van der Waals surface area contributed by atoms with E-state index in [1.807, 2.05) is 0 Å². The number of rotatable bonds is 1. The van der Waals surface area contributed by atoms with Gasteiger partial charge in [-0.25, -0.2) is 4.79 Å². The van der Waals surface area contributed by atoms with E-state index in [-0.39, 0.29) is 11.6 Å². The van der Waals surface area contributed by atoms with Crippen LogP contribution in [-0.4, -0.2) is 18.2 Å². The lowest BCUT2D eigenvalue weighted by Gasteiger charge is -1.99. The Hall–Kier alpha value is -2.17. The highest BCUT2D eigenvalue weighted by molar-refractivity contribution is 5.96. The predicted octanol–water partition coefficient (Wildman–Crippen LogP) is 1.89. The molecule has 78 valence electrons. The fourth-order valence-electron chi connectivity index (χ4n) is 1.28. The van der Waals surface area contributed by atoms with Crippen molar-refractivity contribution in [3.8, 4) is 5.75 Å². The number of amides is 2. The predicted molar refractivity (Wildman–Crippen MR) is 56.0 cm³/mol. The molecule has 0 saturated carbocycles. The second-order valence-corrected chi connectivity index (χ2v) is 2.98. The first-order valence-electron chi connectivity index (χ1n) is 4.41. The third-order valence-electron chi connectivity index (χ3n) is 2.02. The molecule has 0 aliphatic carbocycles. The van der Waals surface area contributed by atoms with E-state index in [1.54, 1.807) is 24.3 Å². The molecule has 1 aromatic carbocycles. The first kappa shape index (κ1) is 9.39. The maximum atomic E-state index is 11.0. The summed E-state index contributed by atoms with van der Waals surface area (Å²) < 4.78 is 5.25. The molecule has 0 spiro atoms. The Morgan fingerprint density at radius 3 is 2.80 bits per heavy atom. The molecule has 5 heteroatoms. The molecule has 0 saturated heterocycles. The lowest BCUT2D eigenvalue weighted by Crippen LogP contribution is -2.24. The molecule has 0 atom stereocenters.